The highest BCUT2D eigenvalue weighted by Crippen LogP contribution is 2.30. The van der Waals surface area contributed by atoms with E-state index in [4.69, 9.17) is 9.47 Å². The molecule has 6 bridgehead atoms. The van der Waals surface area contributed by atoms with Crippen LogP contribution in [0.4, 0.5) is 10.7 Å². The number of hydrogen-bond donors (Lipinski definition) is 2. The zero-order valence-corrected chi connectivity index (χ0v) is 25.0. The molecule has 2 aliphatic heterocycles. The Labute approximate surface area is 255 Å². The van der Waals surface area contributed by atoms with Crippen LogP contribution in [0.2, 0.25) is 0 Å². The van der Waals surface area contributed by atoms with E-state index in [1.165, 1.54) is 29.2 Å². The number of benzene rings is 3. The summed E-state index contributed by atoms with van der Waals surface area (Å²) in [6.07, 6.45) is -0.771. The van der Waals surface area contributed by atoms with Crippen LogP contribution in [-0.4, -0.2) is 60.5 Å². The van der Waals surface area contributed by atoms with Crippen molar-refractivity contribution in [2.45, 2.75) is 43.9 Å². The van der Waals surface area contributed by atoms with Gasteiger partial charge in [0.2, 0.25) is 11.8 Å². The van der Waals surface area contributed by atoms with E-state index >= 15 is 0 Å². The first-order chi connectivity index (χ1) is 21.1. The Kier molecular flexibility index (Phi) is 7.92. The molecule has 3 heterocycles. The molecular formula is C32H31N5O6S. The average Bonchev–Trinajstić information content (AvgIpc) is 2.99. The average molecular weight is 614 g/mol. The van der Waals surface area contributed by atoms with Gasteiger partial charge in [-0.2, -0.15) is 4.98 Å². The summed E-state index contributed by atoms with van der Waals surface area (Å²) < 4.78 is 41.1. The molecule has 2 N–H and O–H groups in total. The van der Waals surface area contributed by atoms with Gasteiger partial charge in [0.25, 0.3) is 15.9 Å². The molecule has 11 nitrogen and oxygen atoms in total. The predicted octanol–water partition coefficient (Wildman–Crippen LogP) is 4.46. The van der Waals surface area contributed by atoms with Crippen molar-refractivity contribution in [3.63, 3.8) is 0 Å². The van der Waals surface area contributed by atoms with Gasteiger partial charge in [-0.1, -0.05) is 54.6 Å². The fourth-order valence-corrected chi connectivity index (χ4v) is 6.49. The lowest BCUT2D eigenvalue weighted by atomic mass is 10.00. The topological polar surface area (TPSA) is 140 Å². The highest BCUT2D eigenvalue weighted by Gasteiger charge is 2.34. The Morgan fingerprint density at radius 3 is 2.50 bits per heavy atom. The van der Waals surface area contributed by atoms with Gasteiger partial charge in [0, 0.05) is 30.2 Å². The number of carbonyl (C=O) groups is 2. The summed E-state index contributed by atoms with van der Waals surface area (Å²) >= 11 is 0. The first kappa shape index (κ1) is 29.1. The van der Waals surface area contributed by atoms with E-state index in [0.29, 0.717) is 12.1 Å². The van der Waals surface area contributed by atoms with Crippen molar-refractivity contribution in [1.82, 2.24) is 20.2 Å². The standard InChI is InChI=1S/C32H31N5O6S/c1-20-8-6-9-21(2)29(20)27-16-28-35-31(34-27)36-44(40,41)26-13-7-12-23(14-26)30(38)33-24-15-25(43-28)18-37(17-24)32(39)42-19-22-10-4-3-5-11-22/h3-14,16,24-25H,15,17-19H2,1-2H3,(H,33,38)(H,34,35,36). The third-order valence-corrected chi connectivity index (χ3v) is 8.90. The number of carbonyl (C=O) groups excluding carboxylic acids is 2. The lowest BCUT2D eigenvalue weighted by molar-refractivity contribution is 0.0408. The van der Waals surface area contributed by atoms with Crippen LogP contribution in [0.15, 0.2) is 83.8 Å². The summed E-state index contributed by atoms with van der Waals surface area (Å²) in [6, 6.07) is 22.0. The van der Waals surface area contributed by atoms with Crippen molar-refractivity contribution in [2.75, 3.05) is 17.8 Å². The SMILES string of the molecule is Cc1cccc(C)c1-c1cc2nc(n1)NS(=O)(=O)c1cccc(c1)C(=O)NC1CC(CN(C(=O)OCc3ccccc3)C1)O2. The number of likely N-dealkylation sites (tertiary alicyclic amines) is 1. The normalized spacial score (nSPS) is 19.0. The quantitative estimate of drug-likeness (QED) is 0.345. The van der Waals surface area contributed by atoms with Crippen LogP contribution in [0.1, 0.15) is 33.5 Å². The molecule has 1 saturated heterocycles. The lowest BCUT2D eigenvalue weighted by Crippen LogP contribution is -2.55. The highest BCUT2D eigenvalue weighted by molar-refractivity contribution is 7.92. The molecule has 2 aliphatic rings. The Hall–Kier alpha value is -4.97. The molecular weight excluding hydrogens is 582 g/mol. The van der Waals surface area contributed by atoms with Crippen molar-refractivity contribution in [3.05, 3.63) is 101 Å². The van der Waals surface area contributed by atoms with E-state index in [2.05, 4.69) is 20.0 Å². The molecule has 0 saturated carbocycles. The molecule has 6 rings (SSSR count). The van der Waals surface area contributed by atoms with Crippen molar-refractivity contribution >= 4 is 28.0 Å². The van der Waals surface area contributed by atoms with Crippen LogP contribution in [0.3, 0.4) is 0 Å². The molecule has 12 heteroatoms. The van der Waals surface area contributed by atoms with Crippen LogP contribution in [0.5, 0.6) is 5.88 Å². The summed E-state index contributed by atoms with van der Waals surface area (Å²) in [7, 11) is -4.16. The molecule has 0 radical (unpaired) electrons. The molecule has 226 valence electrons. The van der Waals surface area contributed by atoms with Gasteiger partial charge in [-0.05, 0) is 48.7 Å². The number of ether oxygens (including phenoxy) is 2. The second-order valence-electron chi connectivity index (χ2n) is 10.9. The van der Waals surface area contributed by atoms with E-state index in [0.717, 1.165) is 22.3 Å². The molecule has 0 spiro atoms. The monoisotopic (exact) mass is 613 g/mol. The third kappa shape index (κ3) is 6.35. The van der Waals surface area contributed by atoms with E-state index in [9.17, 15) is 18.0 Å². The van der Waals surface area contributed by atoms with Gasteiger partial charge in [-0.25, -0.2) is 22.9 Å². The van der Waals surface area contributed by atoms with Crippen LogP contribution in [0.25, 0.3) is 11.3 Å². The number of rotatable bonds is 3. The van der Waals surface area contributed by atoms with Crippen LogP contribution in [-0.2, 0) is 21.4 Å². The van der Waals surface area contributed by atoms with Gasteiger partial charge in [-0.15, -0.1) is 0 Å². The minimum absolute atomic E-state index is 0.0973. The van der Waals surface area contributed by atoms with Crippen LogP contribution < -0.4 is 14.8 Å². The lowest BCUT2D eigenvalue weighted by Gasteiger charge is -2.37. The third-order valence-electron chi connectivity index (χ3n) is 7.57. The van der Waals surface area contributed by atoms with Crippen molar-refractivity contribution in [2.24, 2.45) is 0 Å². The predicted molar refractivity (Wildman–Crippen MR) is 163 cm³/mol. The number of sulfonamides is 1. The summed E-state index contributed by atoms with van der Waals surface area (Å²) in [6.45, 7) is 4.33. The molecule has 44 heavy (non-hydrogen) atoms. The Bertz CT molecular complexity index is 1810. The number of aromatic nitrogens is 2. The fraction of sp³-hybridized carbons (Fsp3) is 0.250. The second kappa shape index (κ2) is 12.0. The van der Waals surface area contributed by atoms with Gasteiger partial charge in [0.15, 0.2) is 0 Å². The second-order valence-corrected chi connectivity index (χ2v) is 12.6. The smallest absolute Gasteiger partial charge is 0.410 e. The summed E-state index contributed by atoms with van der Waals surface area (Å²) in [5, 5.41) is 2.94. The largest absolute Gasteiger partial charge is 0.472 e. The molecule has 2 atom stereocenters. The Balaban J connectivity index is 1.38. The molecule has 1 fully saturated rings. The number of hydrogen-bond acceptors (Lipinski definition) is 8. The van der Waals surface area contributed by atoms with Gasteiger partial charge >= 0.3 is 6.09 Å². The van der Waals surface area contributed by atoms with E-state index in [1.54, 1.807) is 6.07 Å². The van der Waals surface area contributed by atoms with E-state index in [-0.39, 0.29) is 42.0 Å². The first-order valence-electron chi connectivity index (χ1n) is 14.2. The van der Waals surface area contributed by atoms with Gasteiger partial charge < -0.3 is 19.7 Å². The van der Waals surface area contributed by atoms with E-state index < -0.39 is 34.2 Å². The van der Waals surface area contributed by atoms with Gasteiger partial charge in [-0.3, -0.25) is 4.79 Å². The Morgan fingerprint density at radius 1 is 0.977 bits per heavy atom. The zero-order chi connectivity index (χ0) is 30.8. The summed E-state index contributed by atoms with van der Waals surface area (Å²) in [5.74, 6) is -0.538. The minimum Gasteiger partial charge on any atom is -0.472 e. The van der Waals surface area contributed by atoms with Crippen molar-refractivity contribution < 1.29 is 27.5 Å². The number of aryl methyl sites for hydroxylation is 2. The van der Waals surface area contributed by atoms with Crippen LogP contribution in [0, 0.1) is 13.8 Å². The number of anilines is 1. The molecule has 1 aromatic heterocycles. The maximum Gasteiger partial charge on any atom is 0.410 e. The molecule has 2 unspecified atom stereocenters. The number of nitrogens with one attached hydrogen (secondary N) is 2. The summed E-state index contributed by atoms with van der Waals surface area (Å²) in [4.78, 5) is 36.8. The van der Waals surface area contributed by atoms with E-state index in [1.807, 2.05) is 62.4 Å². The number of amides is 2. The molecule has 0 aliphatic carbocycles. The maximum absolute atomic E-state index is 13.4. The number of nitrogens with zero attached hydrogens (tertiary/aromatic N) is 3. The van der Waals surface area contributed by atoms with Crippen LogP contribution >= 0.6 is 0 Å². The first-order valence-corrected chi connectivity index (χ1v) is 15.6. The van der Waals surface area contributed by atoms with Gasteiger partial charge in [0.05, 0.1) is 23.2 Å². The minimum atomic E-state index is -4.16. The molecule has 4 aromatic rings. The van der Waals surface area contributed by atoms with Gasteiger partial charge in [0.1, 0.15) is 12.7 Å². The van der Waals surface area contributed by atoms with Crippen molar-refractivity contribution in [3.8, 4) is 17.1 Å². The maximum atomic E-state index is 13.4. The Morgan fingerprint density at radius 2 is 1.73 bits per heavy atom. The number of piperidine rings is 1. The fourth-order valence-electron chi connectivity index (χ4n) is 5.50. The molecule has 2 amide bonds. The molecule has 3 aromatic carbocycles. The highest BCUT2D eigenvalue weighted by atomic mass is 32.2. The van der Waals surface area contributed by atoms with Crippen molar-refractivity contribution in [1.29, 1.82) is 0 Å². The summed E-state index contributed by atoms with van der Waals surface area (Å²) in [5.41, 5.74) is 4.18. The number of fused-ring (bicyclic) bond motifs is 6. The zero-order valence-electron chi connectivity index (χ0n) is 24.2.